The predicted molar refractivity (Wildman–Crippen MR) is 91.9 cm³/mol. The molecule has 0 aromatic carbocycles. The van der Waals surface area contributed by atoms with E-state index in [1.165, 1.54) is 0 Å². The fourth-order valence-corrected chi connectivity index (χ4v) is 3.55. The first-order valence-electron chi connectivity index (χ1n) is 8.52. The Morgan fingerprint density at radius 3 is 3.00 bits per heavy atom. The molecule has 130 valence electrons. The minimum atomic E-state index is -0.0860. The maximum Gasteiger partial charge on any atom is 0.273 e. The molecule has 3 aromatic heterocycles. The van der Waals surface area contributed by atoms with E-state index in [1.54, 1.807) is 12.3 Å². The molecule has 25 heavy (non-hydrogen) atoms. The number of aryl methyl sites for hydroxylation is 1. The molecular weight excluding hydrogens is 318 g/mol. The topological polar surface area (TPSA) is 92.6 Å². The Kier molecular flexibility index (Phi) is 3.74. The molecule has 4 heterocycles. The molecule has 1 aliphatic rings. The standard InChI is InChI=1S/C17H21N7O/c1-10(2)6-13-8-23(9-15-21-20-11(3)24(13)15)17(25)14-5-4-12-7-18-22-16(12)19-14/h4-5,7,10,13H,6,8-9H2,1-3H3,(H,18,19,22)/t13-/m0/s1. The van der Waals surface area contributed by atoms with Gasteiger partial charge in [-0.15, -0.1) is 10.2 Å². The summed E-state index contributed by atoms with van der Waals surface area (Å²) in [7, 11) is 0. The molecule has 3 aromatic rings. The van der Waals surface area contributed by atoms with Gasteiger partial charge in [-0.25, -0.2) is 4.98 Å². The number of carbonyl (C=O) groups excluding carboxylic acids is 1. The number of pyridine rings is 1. The average Bonchev–Trinajstić information content (AvgIpc) is 3.19. The van der Waals surface area contributed by atoms with Crippen LogP contribution in [0.25, 0.3) is 11.0 Å². The minimum absolute atomic E-state index is 0.0860. The summed E-state index contributed by atoms with van der Waals surface area (Å²) < 4.78 is 2.18. The lowest BCUT2D eigenvalue weighted by Crippen LogP contribution is -2.42. The lowest BCUT2D eigenvalue weighted by molar-refractivity contribution is 0.0655. The van der Waals surface area contributed by atoms with Crippen molar-refractivity contribution in [1.82, 2.24) is 34.8 Å². The molecule has 8 nitrogen and oxygen atoms in total. The fourth-order valence-electron chi connectivity index (χ4n) is 3.55. The van der Waals surface area contributed by atoms with Gasteiger partial charge >= 0.3 is 0 Å². The predicted octanol–water partition coefficient (Wildman–Crippen LogP) is 2.10. The third kappa shape index (κ3) is 2.77. The van der Waals surface area contributed by atoms with Crippen LogP contribution in [0, 0.1) is 12.8 Å². The van der Waals surface area contributed by atoms with Gasteiger partial charge in [-0.3, -0.25) is 9.89 Å². The third-order valence-electron chi connectivity index (χ3n) is 4.62. The molecule has 0 saturated heterocycles. The van der Waals surface area contributed by atoms with Crippen molar-refractivity contribution in [2.45, 2.75) is 39.8 Å². The Balaban J connectivity index is 1.64. The first kappa shape index (κ1) is 15.7. The van der Waals surface area contributed by atoms with Crippen molar-refractivity contribution in [2.24, 2.45) is 5.92 Å². The number of nitrogens with one attached hydrogen (secondary N) is 1. The molecule has 1 aliphatic heterocycles. The van der Waals surface area contributed by atoms with E-state index in [1.807, 2.05) is 17.9 Å². The molecule has 0 spiro atoms. The zero-order valence-electron chi connectivity index (χ0n) is 14.6. The minimum Gasteiger partial charge on any atom is -0.328 e. The number of aromatic nitrogens is 6. The number of aromatic amines is 1. The van der Waals surface area contributed by atoms with Gasteiger partial charge in [0.1, 0.15) is 11.5 Å². The maximum absolute atomic E-state index is 13.0. The molecule has 0 aliphatic carbocycles. The Hall–Kier alpha value is -2.77. The summed E-state index contributed by atoms with van der Waals surface area (Å²) in [4.78, 5) is 19.2. The van der Waals surface area contributed by atoms with Crippen molar-refractivity contribution in [1.29, 1.82) is 0 Å². The van der Waals surface area contributed by atoms with Crippen molar-refractivity contribution < 1.29 is 4.79 Å². The second-order valence-electron chi connectivity index (χ2n) is 7.01. The van der Waals surface area contributed by atoms with Crippen LogP contribution in [0.15, 0.2) is 18.3 Å². The largest absolute Gasteiger partial charge is 0.328 e. The van der Waals surface area contributed by atoms with Gasteiger partial charge < -0.3 is 9.47 Å². The Labute approximate surface area is 145 Å². The van der Waals surface area contributed by atoms with Crippen molar-refractivity contribution in [2.75, 3.05) is 6.54 Å². The van der Waals surface area contributed by atoms with Crippen molar-refractivity contribution in [3.63, 3.8) is 0 Å². The van der Waals surface area contributed by atoms with Gasteiger partial charge in [0, 0.05) is 11.9 Å². The fraction of sp³-hybridized carbons (Fsp3) is 0.471. The molecule has 0 unspecified atom stereocenters. The highest BCUT2D eigenvalue weighted by atomic mass is 16.2. The highest BCUT2D eigenvalue weighted by Gasteiger charge is 2.31. The van der Waals surface area contributed by atoms with Crippen molar-refractivity contribution in [3.8, 4) is 0 Å². The Morgan fingerprint density at radius 2 is 2.20 bits per heavy atom. The van der Waals surface area contributed by atoms with Crippen LogP contribution in [-0.2, 0) is 6.54 Å². The molecular formula is C17H21N7O. The highest BCUT2D eigenvalue weighted by molar-refractivity contribution is 5.94. The van der Waals surface area contributed by atoms with Gasteiger partial charge in [0.15, 0.2) is 11.5 Å². The summed E-state index contributed by atoms with van der Waals surface area (Å²) in [6, 6.07) is 3.81. The quantitative estimate of drug-likeness (QED) is 0.789. The SMILES string of the molecule is Cc1nnc2n1[C@@H](CC(C)C)CN(C(=O)c1ccc3cn[nH]c3n1)C2. The van der Waals surface area contributed by atoms with Crippen LogP contribution in [-0.4, -0.2) is 47.3 Å². The molecule has 0 saturated carbocycles. The van der Waals surface area contributed by atoms with E-state index in [0.29, 0.717) is 30.3 Å². The molecule has 1 amide bonds. The van der Waals surface area contributed by atoms with Gasteiger partial charge in [-0.05, 0) is 31.4 Å². The van der Waals surface area contributed by atoms with Crippen LogP contribution in [0.2, 0.25) is 0 Å². The van der Waals surface area contributed by atoms with Gasteiger partial charge in [0.25, 0.3) is 5.91 Å². The van der Waals surface area contributed by atoms with E-state index in [9.17, 15) is 4.79 Å². The number of rotatable bonds is 3. The lowest BCUT2D eigenvalue weighted by Gasteiger charge is -2.34. The van der Waals surface area contributed by atoms with E-state index >= 15 is 0 Å². The van der Waals surface area contributed by atoms with Gasteiger partial charge in [0.05, 0.1) is 18.8 Å². The number of carbonyl (C=O) groups is 1. The van der Waals surface area contributed by atoms with E-state index in [0.717, 1.165) is 23.5 Å². The van der Waals surface area contributed by atoms with Gasteiger partial charge in [0.2, 0.25) is 0 Å². The monoisotopic (exact) mass is 339 g/mol. The van der Waals surface area contributed by atoms with Gasteiger partial charge in [-0.1, -0.05) is 13.8 Å². The average molecular weight is 339 g/mol. The summed E-state index contributed by atoms with van der Waals surface area (Å²) in [5, 5.41) is 16.1. The van der Waals surface area contributed by atoms with E-state index in [-0.39, 0.29) is 11.9 Å². The number of nitrogens with zero attached hydrogens (tertiary/aromatic N) is 6. The van der Waals surface area contributed by atoms with E-state index in [4.69, 9.17) is 0 Å². The number of hydrogen-bond acceptors (Lipinski definition) is 5. The highest BCUT2D eigenvalue weighted by Crippen LogP contribution is 2.28. The van der Waals surface area contributed by atoms with Crippen LogP contribution in [0.4, 0.5) is 0 Å². The van der Waals surface area contributed by atoms with Crippen LogP contribution in [0.3, 0.4) is 0 Å². The van der Waals surface area contributed by atoms with Crippen molar-refractivity contribution in [3.05, 3.63) is 35.7 Å². The molecule has 0 radical (unpaired) electrons. The van der Waals surface area contributed by atoms with Crippen molar-refractivity contribution >= 4 is 16.9 Å². The summed E-state index contributed by atoms with van der Waals surface area (Å²) >= 11 is 0. The zero-order chi connectivity index (χ0) is 17.6. The van der Waals surface area contributed by atoms with Crippen LogP contribution in [0.5, 0.6) is 0 Å². The van der Waals surface area contributed by atoms with E-state index in [2.05, 4.69) is 43.8 Å². The van der Waals surface area contributed by atoms with Crippen LogP contribution < -0.4 is 0 Å². The maximum atomic E-state index is 13.0. The van der Waals surface area contributed by atoms with E-state index < -0.39 is 0 Å². The number of H-pyrrole nitrogens is 1. The summed E-state index contributed by atoms with van der Waals surface area (Å²) in [6.45, 7) is 7.44. The van der Waals surface area contributed by atoms with Crippen LogP contribution >= 0.6 is 0 Å². The molecule has 0 fully saturated rings. The molecule has 1 N–H and O–H groups in total. The summed E-state index contributed by atoms with van der Waals surface area (Å²) in [5.41, 5.74) is 1.05. The third-order valence-corrected chi connectivity index (χ3v) is 4.62. The Morgan fingerprint density at radius 1 is 1.36 bits per heavy atom. The number of amides is 1. The molecule has 1 atom stereocenters. The van der Waals surface area contributed by atoms with Gasteiger partial charge in [-0.2, -0.15) is 5.10 Å². The number of hydrogen-bond donors (Lipinski definition) is 1. The second-order valence-corrected chi connectivity index (χ2v) is 7.01. The van der Waals surface area contributed by atoms with Crippen LogP contribution in [0.1, 0.15) is 48.4 Å². The smallest absolute Gasteiger partial charge is 0.273 e. The second kappa shape index (κ2) is 5.94. The normalized spacial score (nSPS) is 17.3. The molecule has 8 heteroatoms. The first-order chi connectivity index (χ1) is 12.0. The Bertz CT molecular complexity index is 926. The lowest BCUT2D eigenvalue weighted by atomic mass is 10.0. The summed E-state index contributed by atoms with van der Waals surface area (Å²) in [6.07, 6.45) is 2.67. The molecule has 4 rings (SSSR count). The number of fused-ring (bicyclic) bond motifs is 2. The summed E-state index contributed by atoms with van der Waals surface area (Å²) in [5.74, 6) is 2.18. The molecule has 0 bridgehead atoms. The first-order valence-corrected chi connectivity index (χ1v) is 8.52. The zero-order valence-corrected chi connectivity index (χ0v) is 14.6.